The first-order valence-electron chi connectivity index (χ1n) is 5.14. The van der Waals surface area contributed by atoms with Crippen LogP contribution in [0.2, 0.25) is 0 Å². The molecule has 0 aliphatic rings. The first kappa shape index (κ1) is 13.6. The molecule has 0 bridgehead atoms. The second-order valence-electron chi connectivity index (χ2n) is 3.57. The number of nitrogens with zero attached hydrogens (tertiary/aromatic N) is 2. The van der Waals surface area contributed by atoms with Crippen molar-refractivity contribution in [2.75, 3.05) is 0 Å². The van der Waals surface area contributed by atoms with Gasteiger partial charge in [0.15, 0.2) is 0 Å². The zero-order valence-electron chi connectivity index (χ0n) is 9.29. The van der Waals surface area contributed by atoms with Gasteiger partial charge in [-0.2, -0.15) is 5.10 Å². The second-order valence-corrected chi connectivity index (χ2v) is 4.42. The first-order chi connectivity index (χ1) is 7.52. The van der Waals surface area contributed by atoms with Crippen LogP contribution in [0.15, 0.2) is 10.7 Å². The normalized spacial score (nSPS) is 13.4. The maximum Gasteiger partial charge on any atom is 0.257 e. The Morgan fingerprint density at radius 3 is 2.81 bits per heavy atom. The third-order valence-corrected chi connectivity index (χ3v) is 2.85. The molecule has 92 valence electrons. The average molecular weight is 297 g/mol. The molecule has 0 fully saturated rings. The van der Waals surface area contributed by atoms with Crippen molar-refractivity contribution in [3.8, 4) is 0 Å². The summed E-state index contributed by atoms with van der Waals surface area (Å²) >= 11 is 3.27. The highest BCUT2D eigenvalue weighted by Gasteiger charge is 2.11. The zero-order valence-corrected chi connectivity index (χ0v) is 10.9. The number of rotatable bonds is 6. The third kappa shape index (κ3) is 4.17. The van der Waals surface area contributed by atoms with Gasteiger partial charge in [-0.3, -0.25) is 4.68 Å². The van der Waals surface area contributed by atoms with Crippen molar-refractivity contribution in [3.05, 3.63) is 16.4 Å². The van der Waals surface area contributed by atoms with E-state index in [4.69, 9.17) is 4.74 Å². The van der Waals surface area contributed by atoms with Gasteiger partial charge >= 0.3 is 0 Å². The molecule has 0 aliphatic heterocycles. The van der Waals surface area contributed by atoms with E-state index in [2.05, 4.69) is 21.0 Å². The van der Waals surface area contributed by atoms with Gasteiger partial charge in [0.1, 0.15) is 12.2 Å². The van der Waals surface area contributed by atoms with Gasteiger partial charge in [-0.1, -0.05) is 6.92 Å². The van der Waals surface area contributed by atoms with E-state index in [0.29, 0.717) is 16.8 Å². The number of ether oxygens (including phenoxy) is 1. The van der Waals surface area contributed by atoms with Crippen LogP contribution in [0.3, 0.4) is 0 Å². The lowest BCUT2D eigenvalue weighted by Gasteiger charge is -2.08. The molecule has 1 atom stereocenters. The Morgan fingerprint density at radius 2 is 2.25 bits per heavy atom. The van der Waals surface area contributed by atoms with E-state index in [0.717, 1.165) is 6.42 Å². The Labute approximate surface area is 102 Å². The van der Waals surface area contributed by atoms with E-state index >= 15 is 0 Å². The van der Waals surface area contributed by atoms with Crippen LogP contribution in [0.1, 0.15) is 26.0 Å². The Morgan fingerprint density at radius 1 is 1.56 bits per heavy atom. The van der Waals surface area contributed by atoms with E-state index in [9.17, 15) is 8.78 Å². The van der Waals surface area contributed by atoms with Gasteiger partial charge in [0.25, 0.3) is 6.43 Å². The molecule has 0 aromatic carbocycles. The van der Waals surface area contributed by atoms with Crippen LogP contribution < -0.4 is 0 Å². The van der Waals surface area contributed by atoms with Crippen molar-refractivity contribution in [1.29, 1.82) is 0 Å². The summed E-state index contributed by atoms with van der Waals surface area (Å²) in [4.78, 5) is 0. The van der Waals surface area contributed by atoms with Crippen LogP contribution in [0.25, 0.3) is 0 Å². The molecule has 0 saturated carbocycles. The Balaban J connectivity index is 2.56. The zero-order chi connectivity index (χ0) is 12.1. The minimum absolute atomic E-state index is 0.146. The van der Waals surface area contributed by atoms with Crippen molar-refractivity contribution in [3.63, 3.8) is 0 Å². The highest BCUT2D eigenvalue weighted by atomic mass is 79.9. The Hall–Kier alpha value is -0.490. The summed E-state index contributed by atoms with van der Waals surface area (Å²) in [6, 6.07) is 0. The molecule has 0 unspecified atom stereocenters. The molecule has 0 radical (unpaired) electrons. The summed E-state index contributed by atoms with van der Waals surface area (Å²) in [5.74, 6) is 0. The average Bonchev–Trinajstić information content (AvgIpc) is 2.54. The largest absolute Gasteiger partial charge is 0.372 e. The number of hydrogen-bond donors (Lipinski definition) is 0. The summed E-state index contributed by atoms with van der Waals surface area (Å²) in [5.41, 5.74) is 0.654. The predicted molar refractivity (Wildman–Crippen MR) is 60.5 cm³/mol. The van der Waals surface area contributed by atoms with Crippen molar-refractivity contribution in [2.24, 2.45) is 0 Å². The first-order valence-corrected chi connectivity index (χ1v) is 5.93. The molecule has 0 aliphatic carbocycles. The molecular weight excluding hydrogens is 282 g/mol. The molecule has 0 amide bonds. The summed E-state index contributed by atoms with van der Waals surface area (Å²) in [5, 5.41) is 4.02. The monoisotopic (exact) mass is 296 g/mol. The number of halogens is 3. The predicted octanol–water partition coefficient (Wildman–Crippen LogP) is 3.23. The molecule has 1 rings (SSSR count). The van der Waals surface area contributed by atoms with Crippen LogP contribution in [-0.2, 0) is 17.9 Å². The van der Waals surface area contributed by atoms with Crippen LogP contribution in [0, 0.1) is 0 Å². The van der Waals surface area contributed by atoms with Gasteiger partial charge in [0.05, 0.1) is 17.2 Å². The third-order valence-electron chi connectivity index (χ3n) is 2.19. The highest BCUT2D eigenvalue weighted by Crippen LogP contribution is 2.17. The Bertz CT molecular complexity index is 331. The summed E-state index contributed by atoms with van der Waals surface area (Å²) in [7, 11) is 0. The van der Waals surface area contributed by atoms with E-state index in [-0.39, 0.29) is 12.6 Å². The number of alkyl halides is 2. The molecule has 1 aromatic rings. The second kappa shape index (κ2) is 6.30. The van der Waals surface area contributed by atoms with E-state index in [1.54, 1.807) is 6.20 Å². The highest BCUT2D eigenvalue weighted by molar-refractivity contribution is 9.10. The fourth-order valence-corrected chi connectivity index (χ4v) is 1.54. The van der Waals surface area contributed by atoms with Crippen molar-refractivity contribution in [1.82, 2.24) is 9.78 Å². The van der Waals surface area contributed by atoms with Crippen LogP contribution >= 0.6 is 15.9 Å². The standard InChI is InChI=1S/C10H15BrF2N2O/c1-3-7(2)16-6-9-8(11)4-15(14-9)5-10(12)13/h4,7,10H,3,5-6H2,1-2H3/t7-/m0/s1. The van der Waals surface area contributed by atoms with E-state index < -0.39 is 6.43 Å². The molecule has 1 aromatic heterocycles. The topological polar surface area (TPSA) is 27.1 Å². The maximum atomic E-state index is 12.1. The van der Waals surface area contributed by atoms with Gasteiger partial charge in [0.2, 0.25) is 0 Å². The summed E-state index contributed by atoms with van der Waals surface area (Å²) < 4.78 is 31.7. The van der Waals surface area contributed by atoms with Gasteiger partial charge in [-0.25, -0.2) is 8.78 Å². The molecule has 3 nitrogen and oxygen atoms in total. The molecule has 0 saturated heterocycles. The Kier molecular flexibility index (Phi) is 5.34. The van der Waals surface area contributed by atoms with Crippen LogP contribution in [-0.4, -0.2) is 22.3 Å². The lowest BCUT2D eigenvalue weighted by molar-refractivity contribution is 0.0478. The van der Waals surface area contributed by atoms with Crippen molar-refractivity contribution in [2.45, 2.75) is 45.9 Å². The molecule has 0 spiro atoms. The molecule has 16 heavy (non-hydrogen) atoms. The van der Waals surface area contributed by atoms with E-state index in [1.807, 2.05) is 13.8 Å². The van der Waals surface area contributed by atoms with E-state index in [1.165, 1.54) is 4.68 Å². The number of hydrogen-bond acceptors (Lipinski definition) is 2. The van der Waals surface area contributed by atoms with Crippen LogP contribution in [0.4, 0.5) is 8.78 Å². The lowest BCUT2D eigenvalue weighted by atomic mass is 10.3. The van der Waals surface area contributed by atoms with Gasteiger partial charge < -0.3 is 4.74 Å². The van der Waals surface area contributed by atoms with Crippen molar-refractivity contribution >= 4 is 15.9 Å². The van der Waals surface area contributed by atoms with Crippen LogP contribution in [0.5, 0.6) is 0 Å². The van der Waals surface area contributed by atoms with Crippen molar-refractivity contribution < 1.29 is 13.5 Å². The van der Waals surface area contributed by atoms with Gasteiger partial charge in [-0.05, 0) is 29.3 Å². The smallest absolute Gasteiger partial charge is 0.257 e. The molecule has 6 heteroatoms. The summed E-state index contributed by atoms with van der Waals surface area (Å²) in [6.07, 6.45) is 0.207. The minimum Gasteiger partial charge on any atom is -0.372 e. The molecular formula is C10H15BrF2N2O. The number of aromatic nitrogens is 2. The summed E-state index contributed by atoms with van der Waals surface area (Å²) in [6.45, 7) is 3.94. The minimum atomic E-state index is -2.39. The quantitative estimate of drug-likeness (QED) is 0.806. The van der Waals surface area contributed by atoms with Gasteiger partial charge in [-0.15, -0.1) is 0 Å². The lowest BCUT2D eigenvalue weighted by Crippen LogP contribution is -2.09. The fraction of sp³-hybridized carbons (Fsp3) is 0.700. The SMILES string of the molecule is CC[C@H](C)OCc1nn(CC(F)F)cc1Br. The van der Waals surface area contributed by atoms with Gasteiger partial charge in [0, 0.05) is 6.20 Å². The molecule has 1 heterocycles. The molecule has 0 N–H and O–H groups in total. The maximum absolute atomic E-state index is 12.1. The fourth-order valence-electron chi connectivity index (χ4n) is 1.11.